The molecule has 0 aromatic rings. The van der Waals surface area contributed by atoms with E-state index >= 15 is 0 Å². The average Bonchev–Trinajstić information content (AvgIpc) is 2.79. The molecule has 0 amide bonds. The lowest BCUT2D eigenvalue weighted by Crippen LogP contribution is -2.44. The molecule has 0 aromatic heterocycles. The van der Waals surface area contributed by atoms with Crippen LogP contribution in [0.4, 0.5) is 0 Å². The number of rotatable bonds is 9. The molecule has 4 nitrogen and oxygen atoms in total. The van der Waals surface area contributed by atoms with Crippen LogP contribution in [0, 0.1) is 0 Å². The van der Waals surface area contributed by atoms with E-state index in [0.717, 1.165) is 32.3 Å². The number of nitrogens with one attached hydrogen (secondary N) is 1. The van der Waals surface area contributed by atoms with Crippen LogP contribution < -0.4 is 5.32 Å². The van der Waals surface area contributed by atoms with Gasteiger partial charge in [-0.05, 0) is 33.1 Å². The monoisotopic (exact) mass is 259 g/mol. The van der Waals surface area contributed by atoms with Crippen LogP contribution in [0.2, 0.25) is 0 Å². The van der Waals surface area contributed by atoms with Crippen molar-refractivity contribution in [3.63, 3.8) is 0 Å². The normalized spacial score (nSPS) is 22.3. The summed E-state index contributed by atoms with van der Waals surface area (Å²) in [5, 5.41) is 13.2. The third-order valence-electron chi connectivity index (χ3n) is 3.33. The first-order valence-corrected chi connectivity index (χ1v) is 7.16. The second-order valence-electron chi connectivity index (χ2n) is 5.84. The number of hydrogen-bond acceptors (Lipinski definition) is 4. The largest absolute Gasteiger partial charge is 0.389 e. The molecule has 0 aromatic carbocycles. The topological polar surface area (TPSA) is 50.7 Å². The number of hydrogen-bond donors (Lipinski definition) is 2. The lowest BCUT2D eigenvalue weighted by Gasteiger charge is -2.27. The summed E-state index contributed by atoms with van der Waals surface area (Å²) in [6.45, 7) is 8.92. The van der Waals surface area contributed by atoms with Gasteiger partial charge in [0.25, 0.3) is 0 Å². The van der Waals surface area contributed by atoms with Crippen LogP contribution in [0.15, 0.2) is 0 Å². The molecular formula is C14H29NO3. The predicted octanol–water partition coefficient (Wildman–Crippen LogP) is 1.71. The summed E-state index contributed by atoms with van der Waals surface area (Å²) < 4.78 is 10.9. The zero-order valence-electron chi connectivity index (χ0n) is 12.1. The van der Waals surface area contributed by atoms with Crippen LogP contribution in [0.5, 0.6) is 0 Å². The molecule has 1 fully saturated rings. The highest BCUT2D eigenvalue weighted by Gasteiger charge is 2.18. The van der Waals surface area contributed by atoms with E-state index in [4.69, 9.17) is 9.47 Å². The van der Waals surface area contributed by atoms with E-state index in [1.165, 1.54) is 0 Å². The molecule has 18 heavy (non-hydrogen) atoms. The zero-order chi connectivity index (χ0) is 13.4. The van der Waals surface area contributed by atoms with Crippen LogP contribution in [0.25, 0.3) is 0 Å². The third kappa shape index (κ3) is 6.69. The summed E-state index contributed by atoms with van der Waals surface area (Å²) >= 11 is 0. The molecule has 0 saturated carbocycles. The van der Waals surface area contributed by atoms with Gasteiger partial charge in [-0.2, -0.15) is 0 Å². The van der Waals surface area contributed by atoms with Crippen LogP contribution in [0.3, 0.4) is 0 Å². The zero-order valence-corrected chi connectivity index (χ0v) is 12.1. The van der Waals surface area contributed by atoms with Gasteiger partial charge in [-0.3, -0.25) is 0 Å². The molecule has 1 rings (SSSR count). The Kier molecular flexibility index (Phi) is 7.15. The molecule has 1 aliphatic rings. The number of aliphatic hydroxyl groups excluding tert-OH is 1. The van der Waals surface area contributed by atoms with Gasteiger partial charge in [0.05, 0.1) is 25.4 Å². The number of β-amino-alcohol motifs (C(OH)–C–C–N with tert-alkyl or cyclic N) is 1. The Morgan fingerprint density at radius 2 is 2.28 bits per heavy atom. The van der Waals surface area contributed by atoms with Crippen molar-refractivity contribution in [2.75, 3.05) is 26.4 Å². The highest BCUT2D eigenvalue weighted by molar-refractivity contribution is 4.78. The van der Waals surface area contributed by atoms with Crippen molar-refractivity contribution < 1.29 is 14.6 Å². The maximum Gasteiger partial charge on any atom is 0.0897 e. The molecule has 1 saturated heterocycles. The predicted molar refractivity (Wildman–Crippen MR) is 72.8 cm³/mol. The molecule has 0 aliphatic carbocycles. The summed E-state index contributed by atoms with van der Waals surface area (Å²) in [6.07, 6.45) is 4.26. The quantitative estimate of drug-likeness (QED) is 0.662. The van der Waals surface area contributed by atoms with Gasteiger partial charge in [-0.1, -0.05) is 13.3 Å². The van der Waals surface area contributed by atoms with Crippen molar-refractivity contribution in [2.24, 2.45) is 0 Å². The summed E-state index contributed by atoms with van der Waals surface area (Å²) in [6, 6.07) is 0. The Hall–Kier alpha value is -0.160. The van der Waals surface area contributed by atoms with Gasteiger partial charge in [0.15, 0.2) is 0 Å². The SMILES string of the molecule is CCCC(C)(C)NCC(O)COCC1CCCO1. The van der Waals surface area contributed by atoms with Crippen molar-refractivity contribution in [1.82, 2.24) is 5.32 Å². The first kappa shape index (κ1) is 15.9. The molecule has 1 heterocycles. The first-order chi connectivity index (χ1) is 8.53. The molecule has 2 N–H and O–H groups in total. The Balaban J connectivity index is 2.04. The van der Waals surface area contributed by atoms with E-state index in [2.05, 4.69) is 26.1 Å². The van der Waals surface area contributed by atoms with Crippen molar-refractivity contribution in [3.8, 4) is 0 Å². The van der Waals surface area contributed by atoms with Gasteiger partial charge in [0.1, 0.15) is 0 Å². The maximum atomic E-state index is 9.83. The fraction of sp³-hybridized carbons (Fsp3) is 1.00. The molecule has 0 spiro atoms. The molecule has 0 bridgehead atoms. The smallest absolute Gasteiger partial charge is 0.0897 e. The molecule has 108 valence electrons. The Labute approximate surface area is 111 Å². The molecule has 0 radical (unpaired) electrons. The van der Waals surface area contributed by atoms with Gasteiger partial charge in [-0.15, -0.1) is 0 Å². The second kappa shape index (κ2) is 8.10. The van der Waals surface area contributed by atoms with E-state index in [0.29, 0.717) is 19.8 Å². The van der Waals surface area contributed by atoms with Crippen LogP contribution >= 0.6 is 0 Å². The lowest BCUT2D eigenvalue weighted by atomic mass is 9.99. The van der Waals surface area contributed by atoms with Gasteiger partial charge in [-0.25, -0.2) is 0 Å². The summed E-state index contributed by atoms with van der Waals surface area (Å²) in [5.74, 6) is 0. The van der Waals surface area contributed by atoms with Crippen LogP contribution in [0.1, 0.15) is 46.5 Å². The molecule has 1 aliphatic heterocycles. The number of aliphatic hydroxyl groups is 1. The van der Waals surface area contributed by atoms with E-state index in [-0.39, 0.29) is 11.6 Å². The fourth-order valence-corrected chi connectivity index (χ4v) is 2.28. The first-order valence-electron chi connectivity index (χ1n) is 7.16. The van der Waals surface area contributed by atoms with Crippen molar-refractivity contribution in [1.29, 1.82) is 0 Å². The van der Waals surface area contributed by atoms with Crippen molar-refractivity contribution in [3.05, 3.63) is 0 Å². The van der Waals surface area contributed by atoms with Gasteiger partial charge < -0.3 is 19.9 Å². The van der Waals surface area contributed by atoms with Crippen LogP contribution in [-0.4, -0.2) is 49.2 Å². The highest BCUT2D eigenvalue weighted by atomic mass is 16.5. The minimum absolute atomic E-state index is 0.0876. The maximum absolute atomic E-state index is 9.83. The third-order valence-corrected chi connectivity index (χ3v) is 3.33. The summed E-state index contributed by atoms with van der Waals surface area (Å²) in [7, 11) is 0. The van der Waals surface area contributed by atoms with Crippen molar-refractivity contribution in [2.45, 2.75) is 64.2 Å². The van der Waals surface area contributed by atoms with Gasteiger partial charge >= 0.3 is 0 Å². The van der Waals surface area contributed by atoms with E-state index in [9.17, 15) is 5.11 Å². The molecular weight excluding hydrogens is 230 g/mol. The second-order valence-corrected chi connectivity index (χ2v) is 5.84. The standard InChI is InChI=1S/C14H29NO3/c1-4-7-14(2,3)15-9-12(16)10-17-11-13-6-5-8-18-13/h12-13,15-16H,4-11H2,1-3H3. The van der Waals surface area contributed by atoms with E-state index < -0.39 is 6.10 Å². The highest BCUT2D eigenvalue weighted by Crippen LogP contribution is 2.12. The Morgan fingerprint density at radius 3 is 2.89 bits per heavy atom. The summed E-state index contributed by atoms with van der Waals surface area (Å²) in [4.78, 5) is 0. The van der Waals surface area contributed by atoms with Crippen molar-refractivity contribution >= 4 is 0 Å². The fourth-order valence-electron chi connectivity index (χ4n) is 2.28. The van der Waals surface area contributed by atoms with Crippen LogP contribution in [-0.2, 0) is 9.47 Å². The Bertz CT molecular complexity index is 215. The minimum atomic E-state index is -0.442. The Morgan fingerprint density at radius 1 is 1.50 bits per heavy atom. The molecule has 2 unspecified atom stereocenters. The molecule has 2 atom stereocenters. The van der Waals surface area contributed by atoms with Gasteiger partial charge in [0.2, 0.25) is 0 Å². The molecule has 4 heteroatoms. The number of ether oxygens (including phenoxy) is 2. The average molecular weight is 259 g/mol. The summed E-state index contributed by atoms with van der Waals surface area (Å²) in [5.41, 5.74) is 0.0876. The lowest BCUT2D eigenvalue weighted by molar-refractivity contribution is -0.0178. The van der Waals surface area contributed by atoms with Gasteiger partial charge in [0, 0.05) is 18.7 Å². The van der Waals surface area contributed by atoms with E-state index in [1.54, 1.807) is 0 Å². The van der Waals surface area contributed by atoms with E-state index in [1.807, 2.05) is 0 Å². The minimum Gasteiger partial charge on any atom is -0.389 e.